The number of aliphatic hydroxyl groups is 1. The van der Waals surface area contributed by atoms with Crippen LogP contribution in [0.5, 0.6) is 0 Å². The van der Waals surface area contributed by atoms with Crippen LogP contribution in [0.2, 0.25) is 0 Å². The van der Waals surface area contributed by atoms with Gasteiger partial charge in [-0.2, -0.15) is 0 Å². The van der Waals surface area contributed by atoms with E-state index in [-0.39, 0.29) is 25.3 Å². The highest BCUT2D eigenvalue weighted by molar-refractivity contribution is 9.10. The van der Waals surface area contributed by atoms with Gasteiger partial charge in [-0.05, 0) is 17.7 Å². The van der Waals surface area contributed by atoms with Crippen LogP contribution in [-0.2, 0) is 16.0 Å². The zero-order chi connectivity index (χ0) is 14.0. The Balaban J connectivity index is 2.06. The molecule has 1 heterocycles. The Labute approximate surface area is 119 Å². The molecule has 102 valence electrons. The minimum absolute atomic E-state index is 0.0896. The van der Waals surface area contributed by atoms with E-state index < -0.39 is 18.1 Å². The molecule has 1 aliphatic heterocycles. The molecule has 0 aromatic heterocycles. The number of β-amino-alcohol motifs (C(OH)–C–C–N with tert-alkyl or cyclic N) is 1. The van der Waals surface area contributed by atoms with Gasteiger partial charge in [0.2, 0.25) is 5.91 Å². The lowest BCUT2D eigenvalue weighted by Crippen LogP contribution is -2.41. The van der Waals surface area contributed by atoms with E-state index in [1.54, 1.807) is 0 Å². The molecule has 1 saturated heterocycles. The average molecular weight is 328 g/mol. The van der Waals surface area contributed by atoms with Crippen molar-refractivity contribution in [2.75, 3.05) is 6.54 Å². The molecule has 19 heavy (non-hydrogen) atoms. The van der Waals surface area contributed by atoms with Gasteiger partial charge in [0, 0.05) is 17.4 Å². The van der Waals surface area contributed by atoms with Gasteiger partial charge >= 0.3 is 5.97 Å². The van der Waals surface area contributed by atoms with E-state index in [9.17, 15) is 14.7 Å². The maximum atomic E-state index is 12.1. The molecule has 1 fully saturated rings. The fraction of sp³-hybridized carbons (Fsp3) is 0.385. The molecule has 1 aromatic carbocycles. The van der Waals surface area contributed by atoms with Gasteiger partial charge in [0.05, 0.1) is 12.5 Å². The SMILES string of the molecule is O=C(O)[C@@H]1C[C@@H](O)CN1C(=O)Cc1ccc(Br)cc1. The van der Waals surface area contributed by atoms with E-state index in [0.29, 0.717) is 0 Å². The zero-order valence-electron chi connectivity index (χ0n) is 10.1. The second-order valence-corrected chi connectivity index (χ2v) is 5.51. The third-order valence-electron chi connectivity index (χ3n) is 3.15. The van der Waals surface area contributed by atoms with Crippen molar-refractivity contribution in [2.24, 2.45) is 0 Å². The summed E-state index contributed by atoms with van der Waals surface area (Å²) in [5, 5.41) is 18.5. The van der Waals surface area contributed by atoms with Gasteiger partial charge in [-0.25, -0.2) is 4.79 Å². The number of amides is 1. The summed E-state index contributed by atoms with van der Waals surface area (Å²) in [5.41, 5.74) is 0.818. The van der Waals surface area contributed by atoms with Crippen molar-refractivity contribution in [2.45, 2.75) is 25.0 Å². The van der Waals surface area contributed by atoms with Gasteiger partial charge in [-0.15, -0.1) is 0 Å². The van der Waals surface area contributed by atoms with Crippen LogP contribution in [0.25, 0.3) is 0 Å². The molecule has 0 saturated carbocycles. The fourth-order valence-electron chi connectivity index (χ4n) is 2.20. The molecular formula is C13H14BrNO4. The van der Waals surface area contributed by atoms with Gasteiger partial charge in [0.15, 0.2) is 0 Å². The number of carbonyl (C=O) groups excluding carboxylic acids is 1. The molecule has 0 unspecified atom stereocenters. The molecule has 0 aliphatic carbocycles. The Hall–Kier alpha value is -1.40. The van der Waals surface area contributed by atoms with Crippen LogP contribution < -0.4 is 0 Å². The van der Waals surface area contributed by atoms with Crippen LogP contribution >= 0.6 is 15.9 Å². The second kappa shape index (κ2) is 5.71. The zero-order valence-corrected chi connectivity index (χ0v) is 11.7. The highest BCUT2D eigenvalue weighted by Gasteiger charge is 2.38. The lowest BCUT2D eigenvalue weighted by Gasteiger charge is -2.21. The molecule has 1 amide bonds. The minimum atomic E-state index is -1.07. The molecule has 2 N–H and O–H groups in total. The number of benzene rings is 1. The third kappa shape index (κ3) is 3.33. The molecule has 0 bridgehead atoms. The Morgan fingerprint density at radius 3 is 2.53 bits per heavy atom. The number of carboxylic acids is 1. The predicted molar refractivity (Wildman–Crippen MR) is 71.6 cm³/mol. The van der Waals surface area contributed by atoms with Crippen LogP contribution in [0.1, 0.15) is 12.0 Å². The number of aliphatic hydroxyl groups excluding tert-OH is 1. The van der Waals surface area contributed by atoms with Gasteiger partial charge < -0.3 is 15.1 Å². The largest absolute Gasteiger partial charge is 0.480 e. The number of carboxylic acid groups (broad SMARTS) is 1. The Morgan fingerprint density at radius 2 is 1.95 bits per heavy atom. The fourth-order valence-corrected chi connectivity index (χ4v) is 2.47. The quantitative estimate of drug-likeness (QED) is 0.869. The van der Waals surface area contributed by atoms with Gasteiger partial charge in [0.25, 0.3) is 0 Å². The maximum Gasteiger partial charge on any atom is 0.326 e. The first kappa shape index (κ1) is 14.0. The first-order valence-electron chi connectivity index (χ1n) is 5.92. The topological polar surface area (TPSA) is 77.8 Å². The summed E-state index contributed by atoms with van der Waals surface area (Å²) in [7, 11) is 0. The van der Waals surface area contributed by atoms with Crippen LogP contribution in [0.4, 0.5) is 0 Å². The number of aliphatic carboxylic acids is 1. The molecule has 2 rings (SSSR count). The summed E-state index contributed by atoms with van der Waals surface area (Å²) in [6, 6.07) is 6.36. The summed E-state index contributed by atoms with van der Waals surface area (Å²) < 4.78 is 0.920. The number of hydrogen-bond donors (Lipinski definition) is 2. The first-order chi connectivity index (χ1) is 8.97. The average Bonchev–Trinajstić information content (AvgIpc) is 2.74. The van der Waals surface area contributed by atoms with Crippen molar-refractivity contribution in [3.63, 3.8) is 0 Å². The number of hydrogen-bond acceptors (Lipinski definition) is 3. The van der Waals surface area contributed by atoms with Crippen molar-refractivity contribution >= 4 is 27.8 Å². The number of rotatable bonds is 3. The maximum absolute atomic E-state index is 12.1. The lowest BCUT2D eigenvalue weighted by molar-refractivity contribution is -0.148. The second-order valence-electron chi connectivity index (χ2n) is 4.59. The van der Waals surface area contributed by atoms with E-state index >= 15 is 0 Å². The summed E-state index contributed by atoms with van der Waals surface area (Å²) >= 11 is 3.31. The van der Waals surface area contributed by atoms with Gasteiger partial charge in [-0.1, -0.05) is 28.1 Å². The monoisotopic (exact) mass is 327 g/mol. The summed E-state index contributed by atoms with van der Waals surface area (Å²) in [4.78, 5) is 24.4. The van der Waals surface area contributed by atoms with E-state index in [4.69, 9.17) is 5.11 Å². The van der Waals surface area contributed by atoms with Crippen LogP contribution in [0, 0.1) is 0 Å². The highest BCUT2D eigenvalue weighted by Crippen LogP contribution is 2.20. The van der Waals surface area contributed by atoms with Crippen molar-refractivity contribution in [1.29, 1.82) is 0 Å². The number of carbonyl (C=O) groups is 2. The first-order valence-corrected chi connectivity index (χ1v) is 6.71. The smallest absolute Gasteiger partial charge is 0.326 e. The van der Waals surface area contributed by atoms with Gasteiger partial charge in [-0.3, -0.25) is 4.79 Å². The standard InChI is InChI=1S/C13H14BrNO4/c14-9-3-1-8(2-4-9)5-12(17)15-7-10(16)6-11(15)13(18)19/h1-4,10-11,16H,5-7H2,(H,18,19)/t10-,11+/m1/s1. The van der Waals surface area contributed by atoms with Crippen molar-refractivity contribution in [1.82, 2.24) is 4.90 Å². The van der Waals surface area contributed by atoms with E-state index in [1.165, 1.54) is 4.90 Å². The van der Waals surface area contributed by atoms with Crippen molar-refractivity contribution in [3.05, 3.63) is 34.3 Å². The molecule has 5 nitrogen and oxygen atoms in total. The predicted octanol–water partition coefficient (Wildman–Crippen LogP) is 1.04. The lowest BCUT2D eigenvalue weighted by atomic mass is 10.1. The van der Waals surface area contributed by atoms with Crippen LogP contribution in [-0.4, -0.2) is 45.7 Å². The van der Waals surface area contributed by atoms with E-state index in [1.807, 2.05) is 24.3 Å². The number of nitrogens with zero attached hydrogens (tertiary/aromatic N) is 1. The molecular weight excluding hydrogens is 314 g/mol. The Morgan fingerprint density at radius 1 is 1.32 bits per heavy atom. The number of halogens is 1. The van der Waals surface area contributed by atoms with E-state index in [2.05, 4.69) is 15.9 Å². The van der Waals surface area contributed by atoms with Crippen molar-refractivity contribution < 1.29 is 19.8 Å². The highest BCUT2D eigenvalue weighted by atomic mass is 79.9. The normalized spacial score (nSPS) is 22.5. The molecule has 6 heteroatoms. The van der Waals surface area contributed by atoms with Gasteiger partial charge in [0.1, 0.15) is 6.04 Å². The number of likely N-dealkylation sites (tertiary alicyclic amines) is 1. The summed E-state index contributed by atoms with van der Waals surface area (Å²) in [5.74, 6) is -1.34. The Kier molecular flexibility index (Phi) is 4.21. The molecule has 1 aliphatic rings. The van der Waals surface area contributed by atoms with Crippen LogP contribution in [0.3, 0.4) is 0 Å². The Bertz CT molecular complexity index is 488. The van der Waals surface area contributed by atoms with E-state index in [0.717, 1.165) is 10.0 Å². The summed E-state index contributed by atoms with van der Waals surface area (Å²) in [6.45, 7) is 0.0896. The third-order valence-corrected chi connectivity index (χ3v) is 3.68. The van der Waals surface area contributed by atoms with Crippen LogP contribution in [0.15, 0.2) is 28.7 Å². The molecule has 0 spiro atoms. The van der Waals surface area contributed by atoms with Crippen molar-refractivity contribution in [3.8, 4) is 0 Å². The molecule has 1 aromatic rings. The minimum Gasteiger partial charge on any atom is -0.480 e. The molecule has 0 radical (unpaired) electrons. The summed E-state index contributed by atoms with van der Waals surface area (Å²) in [6.07, 6.45) is -0.513. The molecule has 2 atom stereocenters.